The van der Waals surface area contributed by atoms with Crippen molar-refractivity contribution in [3.05, 3.63) is 18.0 Å². The van der Waals surface area contributed by atoms with Crippen molar-refractivity contribution in [3.8, 4) is 0 Å². The Hall–Kier alpha value is -1.36. The van der Waals surface area contributed by atoms with Crippen LogP contribution in [0.2, 0.25) is 0 Å². The molecule has 5 heteroatoms. The second-order valence-electron chi connectivity index (χ2n) is 5.87. The maximum absolute atomic E-state index is 10.6. The fourth-order valence-corrected chi connectivity index (χ4v) is 2.74. The summed E-state index contributed by atoms with van der Waals surface area (Å²) in [6.07, 6.45) is 5.34. The molecule has 1 N–H and O–H groups in total. The van der Waals surface area contributed by atoms with E-state index in [0.29, 0.717) is 18.4 Å². The summed E-state index contributed by atoms with van der Waals surface area (Å²) in [6.45, 7) is 7.28. The Labute approximate surface area is 120 Å². The van der Waals surface area contributed by atoms with E-state index in [0.717, 1.165) is 44.6 Å². The van der Waals surface area contributed by atoms with Crippen molar-refractivity contribution in [1.29, 1.82) is 0 Å². The first-order chi connectivity index (χ1) is 9.58. The van der Waals surface area contributed by atoms with Crippen LogP contribution in [0.1, 0.15) is 51.3 Å². The van der Waals surface area contributed by atoms with Gasteiger partial charge in [-0.25, -0.2) is 0 Å². The Morgan fingerprint density at radius 3 is 3.10 bits per heavy atom. The van der Waals surface area contributed by atoms with Crippen LogP contribution >= 0.6 is 0 Å². The number of likely N-dealkylation sites (tertiary alicyclic amines) is 1. The zero-order valence-electron chi connectivity index (χ0n) is 12.5. The van der Waals surface area contributed by atoms with Crippen LogP contribution in [-0.4, -0.2) is 38.8 Å². The van der Waals surface area contributed by atoms with Gasteiger partial charge in [-0.3, -0.25) is 14.4 Å². The largest absolute Gasteiger partial charge is 0.481 e. The van der Waals surface area contributed by atoms with E-state index in [4.69, 9.17) is 5.11 Å². The summed E-state index contributed by atoms with van der Waals surface area (Å²) in [5.74, 6) is -0.154. The number of aromatic nitrogens is 2. The van der Waals surface area contributed by atoms with E-state index < -0.39 is 5.97 Å². The fourth-order valence-electron chi connectivity index (χ4n) is 2.74. The summed E-state index contributed by atoms with van der Waals surface area (Å²) < 4.78 is 2.04. The van der Waals surface area contributed by atoms with Crippen LogP contribution in [0.3, 0.4) is 0 Å². The molecule has 2 heterocycles. The molecule has 0 radical (unpaired) electrons. The smallest absolute Gasteiger partial charge is 0.303 e. The molecular weight excluding hydrogens is 254 g/mol. The maximum atomic E-state index is 10.6. The van der Waals surface area contributed by atoms with Crippen molar-refractivity contribution < 1.29 is 9.90 Å². The Kier molecular flexibility index (Phi) is 5.17. The summed E-state index contributed by atoms with van der Waals surface area (Å²) >= 11 is 0. The highest BCUT2D eigenvalue weighted by Crippen LogP contribution is 2.22. The number of nitrogens with zero attached hydrogens (tertiary/aromatic N) is 3. The van der Waals surface area contributed by atoms with Crippen LogP contribution in [0.25, 0.3) is 0 Å². The van der Waals surface area contributed by atoms with E-state index >= 15 is 0 Å². The zero-order valence-corrected chi connectivity index (χ0v) is 12.5. The van der Waals surface area contributed by atoms with E-state index in [1.807, 2.05) is 4.68 Å². The summed E-state index contributed by atoms with van der Waals surface area (Å²) in [5, 5.41) is 13.4. The highest BCUT2D eigenvalue weighted by atomic mass is 16.4. The lowest BCUT2D eigenvalue weighted by atomic mass is 10.0. The number of hydrogen-bond acceptors (Lipinski definition) is 3. The summed E-state index contributed by atoms with van der Waals surface area (Å²) in [5.41, 5.74) is 1.11. The molecule has 1 fully saturated rings. The molecule has 0 spiro atoms. The molecule has 0 saturated carbocycles. The van der Waals surface area contributed by atoms with Gasteiger partial charge in [0.2, 0.25) is 0 Å². The van der Waals surface area contributed by atoms with Gasteiger partial charge in [0.1, 0.15) is 0 Å². The molecule has 112 valence electrons. The van der Waals surface area contributed by atoms with Gasteiger partial charge in [-0.2, -0.15) is 5.10 Å². The quantitative estimate of drug-likeness (QED) is 0.833. The van der Waals surface area contributed by atoms with Gasteiger partial charge < -0.3 is 5.11 Å². The first kappa shape index (κ1) is 15.0. The van der Waals surface area contributed by atoms with Crippen molar-refractivity contribution in [3.63, 3.8) is 0 Å². The predicted molar refractivity (Wildman–Crippen MR) is 77.5 cm³/mol. The van der Waals surface area contributed by atoms with Gasteiger partial charge in [-0.15, -0.1) is 0 Å². The molecule has 1 saturated heterocycles. The lowest BCUT2D eigenvalue weighted by molar-refractivity contribution is -0.137. The first-order valence-electron chi connectivity index (χ1n) is 7.56. The monoisotopic (exact) mass is 279 g/mol. The van der Waals surface area contributed by atoms with Crippen LogP contribution in [-0.2, 0) is 11.3 Å². The average Bonchev–Trinajstić information content (AvgIpc) is 3.05. The van der Waals surface area contributed by atoms with Crippen molar-refractivity contribution in [1.82, 2.24) is 14.7 Å². The van der Waals surface area contributed by atoms with E-state index in [9.17, 15) is 4.79 Å². The van der Waals surface area contributed by atoms with Gasteiger partial charge in [0, 0.05) is 31.7 Å². The normalized spacial score (nSPS) is 21.2. The Balaban J connectivity index is 1.80. The standard InChI is InChI=1S/C15H25N3O2/c1-3-12(2)18-9-7-14(16-18)11-17-8-6-13(10-17)4-5-15(19)20/h7,9,12-13H,3-6,8,10-11H2,1-2H3,(H,19,20). The highest BCUT2D eigenvalue weighted by Gasteiger charge is 2.23. The lowest BCUT2D eigenvalue weighted by Crippen LogP contribution is -2.21. The van der Waals surface area contributed by atoms with Crippen LogP contribution in [0.5, 0.6) is 0 Å². The number of carboxylic acids is 1. The minimum atomic E-state index is -0.684. The minimum absolute atomic E-state index is 0.293. The Morgan fingerprint density at radius 1 is 1.60 bits per heavy atom. The third-order valence-electron chi connectivity index (χ3n) is 4.23. The third kappa shape index (κ3) is 4.07. The number of hydrogen-bond donors (Lipinski definition) is 1. The molecular formula is C15H25N3O2. The number of rotatable bonds is 7. The van der Waals surface area contributed by atoms with E-state index in [2.05, 4.69) is 36.1 Å². The molecule has 5 nitrogen and oxygen atoms in total. The number of aliphatic carboxylic acids is 1. The van der Waals surface area contributed by atoms with Gasteiger partial charge in [-0.05, 0) is 44.7 Å². The molecule has 2 unspecified atom stereocenters. The van der Waals surface area contributed by atoms with Gasteiger partial charge >= 0.3 is 5.97 Å². The average molecular weight is 279 g/mol. The second kappa shape index (κ2) is 6.88. The molecule has 0 aromatic carbocycles. The van der Waals surface area contributed by atoms with Gasteiger partial charge in [0.05, 0.1) is 5.69 Å². The highest BCUT2D eigenvalue weighted by molar-refractivity contribution is 5.66. The molecule has 0 bridgehead atoms. The SMILES string of the molecule is CCC(C)n1ccc(CN2CCC(CCC(=O)O)C2)n1. The first-order valence-corrected chi connectivity index (χ1v) is 7.56. The summed E-state index contributed by atoms with van der Waals surface area (Å²) in [6, 6.07) is 2.54. The Bertz CT molecular complexity index is 444. The third-order valence-corrected chi connectivity index (χ3v) is 4.23. The predicted octanol–water partition coefficient (Wildman–Crippen LogP) is 2.54. The minimum Gasteiger partial charge on any atom is -0.481 e. The molecule has 20 heavy (non-hydrogen) atoms. The van der Waals surface area contributed by atoms with Crippen molar-refractivity contribution in [2.24, 2.45) is 5.92 Å². The molecule has 1 aromatic heterocycles. The molecule has 2 atom stereocenters. The van der Waals surface area contributed by atoms with Gasteiger partial charge in [0.15, 0.2) is 0 Å². The second-order valence-corrected chi connectivity index (χ2v) is 5.87. The van der Waals surface area contributed by atoms with Gasteiger partial charge in [0.25, 0.3) is 0 Å². The summed E-state index contributed by atoms with van der Waals surface area (Å²) in [7, 11) is 0. The van der Waals surface area contributed by atoms with Gasteiger partial charge in [-0.1, -0.05) is 6.92 Å². The topological polar surface area (TPSA) is 58.4 Å². The molecule has 1 aliphatic heterocycles. The van der Waals surface area contributed by atoms with E-state index in [1.165, 1.54) is 0 Å². The molecule has 0 amide bonds. The number of carbonyl (C=O) groups is 1. The summed E-state index contributed by atoms with van der Waals surface area (Å²) in [4.78, 5) is 13.0. The van der Waals surface area contributed by atoms with Crippen LogP contribution < -0.4 is 0 Å². The molecule has 1 aliphatic rings. The van der Waals surface area contributed by atoms with Crippen LogP contribution in [0, 0.1) is 5.92 Å². The van der Waals surface area contributed by atoms with Crippen LogP contribution in [0.4, 0.5) is 0 Å². The molecule has 2 rings (SSSR count). The van der Waals surface area contributed by atoms with Crippen molar-refractivity contribution in [2.75, 3.05) is 13.1 Å². The fraction of sp³-hybridized carbons (Fsp3) is 0.733. The molecule has 0 aliphatic carbocycles. The lowest BCUT2D eigenvalue weighted by Gasteiger charge is -2.14. The zero-order chi connectivity index (χ0) is 14.5. The number of carboxylic acid groups (broad SMARTS) is 1. The van der Waals surface area contributed by atoms with Crippen molar-refractivity contribution in [2.45, 2.75) is 52.1 Å². The maximum Gasteiger partial charge on any atom is 0.303 e. The van der Waals surface area contributed by atoms with E-state index in [1.54, 1.807) is 0 Å². The van der Waals surface area contributed by atoms with Crippen LogP contribution in [0.15, 0.2) is 12.3 Å². The van der Waals surface area contributed by atoms with E-state index in [-0.39, 0.29) is 0 Å². The Morgan fingerprint density at radius 2 is 2.40 bits per heavy atom. The van der Waals surface area contributed by atoms with Crippen molar-refractivity contribution >= 4 is 5.97 Å². The molecule has 1 aromatic rings.